The monoisotopic (exact) mass is 587 g/mol. The van der Waals surface area contributed by atoms with E-state index in [-0.39, 0.29) is 18.0 Å². The van der Waals surface area contributed by atoms with E-state index in [2.05, 4.69) is 9.88 Å². The lowest BCUT2D eigenvalue weighted by atomic mass is 9.94. The molecule has 0 radical (unpaired) electrons. The predicted octanol–water partition coefficient (Wildman–Crippen LogP) is 4.85. The molecule has 0 saturated heterocycles. The Kier molecular flexibility index (Phi) is 8.91. The second kappa shape index (κ2) is 12.8. The van der Waals surface area contributed by atoms with Crippen LogP contribution in [0.2, 0.25) is 5.02 Å². The molecule has 0 saturated carbocycles. The molecule has 0 fully saturated rings. The van der Waals surface area contributed by atoms with Gasteiger partial charge >= 0.3 is 5.95 Å². The number of amides is 1. The SMILES string of the molecule is COc1cccc(F)c1C1=NCc2cnc([NH2+]c3cccc(C(=O)N(C)CCCN(C)C)c3)nc2-c2ccc(Cl)cc21. The summed E-state index contributed by atoms with van der Waals surface area (Å²) in [7, 11) is 7.36. The van der Waals surface area contributed by atoms with Gasteiger partial charge in [0.15, 0.2) is 0 Å². The first kappa shape index (κ1) is 29.3. The van der Waals surface area contributed by atoms with Crippen molar-refractivity contribution in [2.75, 3.05) is 41.3 Å². The van der Waals surface area contributed by atoms with E-state index in [0.29, 0.717) is 45.8 Å². The maximum absolute atomic E-state index is 15.2. The van der Waals surface area contributed by atoms with Crippen molar-refractivity contribution in [2.24, 2.45) is 4.99 Å². The zero-order valence-corrected chi connectivity index (χ0v) is 24.8. The Morgan fingerprint density at radius 2 is 1.86 bits per heavy atom. The number of hydrogen-bond acceptors (Lipinski definition) is 6. The minimum atomic E-state index is -0.442. The lowest BCUT2D eigenvalue weighted by Crippen LogP contribution is -2.72. The number of methoxy groups -OCH3 is 1. The molecule has 0 atom stereocenters. The highest BCUT2D eigenvalue weighted by atomic mass is 35.5. The smallest absolute Gasteiger partial charge is 0.331 e. The molecule has 0 unspecified atom stereocenters. The number of halogens is 2. The first-order valence-corrected chi connectivity index (χ1v) is 14.0. The molecule has 2 N–H and O–H groups in total. The second-order valence-electron chi connectivity index (χ2n) is 10.4. The van der Waals surface area contributed by atoms with Gasteiger partial charge in [-0.15, -0.1) is 0 Å². The third-order valence-corrected chi connectivity index (χ3v) is 7.32. The fraction of sp³-hybridized carbons (Fsp3) is 0.250. The first-order chi connectivity index (χ1) is 20.2. The lowest BCUT2D eigenvalue weighted by Gasteiger charge is -2.18. The Bertz CT molecular complexity index is 1660. The highest BCUT2D eigenvalue weighted by molar-refractivity contribution is 6.31. The van der Waals surface area contributed by atoms with Gasteiger partial charge in [0.1, 0.15) is 17.3 Å². The summed E-state index contributed by atoms with van der Waals surface area (Å²) < 4.78 is 20.6. The molecule has 216 valence electrons. The number of aliphatic imine (C=N–C) groups is 1. The van der Waals surface area contributed by atoms with Gasteiger partial charge in [0.05, 0.1) is 30.6 Å². The average molecular weight is 588 g/mol. The van der Waals surface area contributed by atoms with E-state index in [1.807, 2.05) is 56.8 Å². The number of fused-ring (bicyclic) bond motifs is 3. The number of carbonyl (C=O) groups excluding carboxylic acids is 1. The second-order valence-corrected chi connectivity index (χ2v) is 10.9. The molecule has 8 nitrogen and oxygen atoms in total. The van der Waals surface area contributed by atoms with Gasteiger partial charge in [0.25, 0.3) is 5.91 Å². The molecule has 1 aromatic heterocycles. The van der Waals surface area contributed by atoms with Gasteiger partial charge in [0.2, 0.25) is 0 Å². The summed E-state index contributed by atoms with van der Waals surface area (Å²) in [5.74, 6) is 0.378. The van der Waals surface area contributed by atoms with Crippen LogP contribution >= 0.6 is 11.6 Å². The topological polar surface area (TPSA) is 87.5 Å². The van der Waals surface area contributed by atoms with Crippen molar-refractivity contribution in [1.82, 2.24) is 19.8 Å². The maximum atomic E-state index is 15.2. The minimum absolute atomic E-state index is 0.0362. The third-order valence-electron chi connectivity index (χ3n) is 7.09. The van der Waals surface area contributed by atoms with Crippen LogP contribution < -0.4 is 10.1 Å². The van der Waals surface area contributed by atoms with Gasteiger partial charge in [-0.25, -0.2) is 9.71 Å². The molecule has 2 heterocycles. The molecular formula is C32H33ClFN6O2+. The number of quaternary nitrogens is 1. The number of rotatable bonds is 9. The van der Waals surface area contributed by atoms with Crippen molar-refractivity contribution in [3.05, 3.63) is 100.0 Å². The molecule has 1 aliphatic heterocycles. The van der Waals surface area contributed by atoms with Crippen LogP contribution in [0.1, 0.15) is 33.5 Å². The van der Waals surface area contributed by atoms with Crippen LogP contribution in [0.5, 0.6) is 5.75 Å². The summed E-state index contributed by atoms with van der Waals surface area (Å²) in [5, 5.41) is 2.33. The number of ether oxygens (including phenoxy) is 1. The Morgan fingerprint density at radius 1 is 1.05 bits per heavy atom. The molecule has 0 aliphatic carbocycles. The van der Waals surface area contributed by atoms with Crippen LogP contribution in [0.15, 0.2) is 71.9 Å². The normalized spacial score (nSPS) is 12.3. The fourth-order valence-electron chi connectivity index (χ4n) is 4.98. The van der Waals surface area contributed by atoms with E-state index < -0.39 is 5.82 Å². The molecular weight excluding hydrogens is 555 g/mol. The summed E-state index contributed by atoms with van der Waals surface area (Å²) in [6, 6.07) is 17.5. The Hall–Kier alpha value is -4.18. The number of nitrogens with zero attached hydrogens (tertiary/aromatic N) is 5. The van der Waals surface area contributed by atoms with Crippen molar-refractivity contribution in [2.45, 2.75) is 13.0 Å². The van der Waals surface area contributed by atoms with Gasteiger partial charge in [-0.05, 0) is 63.5 Å². The Balaban J connectivity index is 1.45. The fourth-order valence-corrected chi connectivity index (χ4v) is 5.15. The number of nitrogens with two attached hydrogens (primary N) is 1. The molecule has 0 spiro atoms. The summed E-state index contributed by atoms with van der Waals surface area (Å²) in [4.78, 5) is 31.1. The standard InChI is InChI=1S/C32H32ClFN6O2/c1-39(2)14-7-15-40(3)31(41)20-8-5-9-23(16-20)37-32-36-19-21-18-35-30(28-26(34)10-6-11-27(28)42-4)25-17-22(33)12-13-24(25)29(21)38-32/h5-6,8-13,16-17,19H,7,14-15,18H2,1-4H3,(H,36,37,38)/p+1. The summed E-state index contributed by atoms with van der Waals surface area (Å²) >= 11 is 6.41. The van der Waals surface area contributed by atoms with Crippen molar-refractivity contribution in [3.63, 3.8) is 0 Å². The van der Waals surface area contributed by atoms with Gasteiger partial charge in [-0.2, -0.15) is 9.97 Å². The lowest BCUT2D eigenvalue weighted by molar-refractivity contribution is -0.487. The zero-order valence-electron chi connectivity index (χ0n) is 24.1. The van der Waals surface area contributed by atoms with Crippen LogP contribution in [0, 0.1) is 5.82 Å². The highest BCUT2D eigenvalue weighted by Crippen LogP contribution is 2.35. The summed E-state index contributed by atoms with van der Waals surface area (Å²) in [6.45, 7) is 1.83. The van der Waals surface area contributed by atoms with Crippen molar-refractivity contribution < 1.29 is 19.2 Å². The molecule has 10 heteroatoms. The van der Waals surface area contributed by atoms with Crippen LogP contribution in [-0.4, -0.2) is 72.7 Å². The Labute approximate surface area is 249 Å². The van der Waals surface area contributed by atoms with E-state index in [4.69, 9.17) is 26.3 Å². The zero-order chi connectivity index (χ0) is 29.8. The van der Waals surface area contributed by atoms with E-state index >= 15 is 4.39 Å². The molecule has 1 amide bonds. The van der Waals surface area contributed by atoms with Crippen molar-refractivity contribution >= 4 is 34.9 Å². The van der Waals surface area contributed by atoms with Crippen LogP contribution in [0.25, 0.3) is 11.3 Å². The summed E-state index contributed by atoms with van der Waals surface area (Å²) in [5.41, 5.74) is 5.00. The first-order valence-electron chi connectivity index (χ1n) is 13.6. The number of aromatic nitrogens is 2. The predicted molar refractivity (Wildman–Crippen MR) is 163 cm³/mol. The molecule has 42 heavy (non-hydrogen) atoms. The minimum Gasteiger partial charge on any atom is -0.496 e. The van der Waals surface area contributed by atoms with E-state index in [9.17, 15) is 4.79 Å². The summed E-state index contributed by atoms with van der Waals surface area (Å²) in [6.07, 6.45) is 2.64. The Morgan fingerprint density at radius 3 is 2.64 bits per heavy atom. The van der Waals surface area contributed by atoms with Gasteiger partial charge in [-0.1, -0.05) is 29.8 Å². The maximum Gasteiger partial charge on any atom is 0.331 e. The van der Waals surface area contributed by atoms with Gasteiger partial charge in [-0.3, -0.25) is 9.79 Å². The number of hydrogen-bond donors (Lipinski definition) is 1. The molecule has 5 rings (SSSR count). The number of carbonyl (C=O) groups is 1. The van der Waals surface area contributed by atoms with E-state index in [1.54, 1.807) is 35.4 Å². The van der Waals surface area contributed by atoms with Crippen molar-refractivity contribution in [1.29, 1.82) is 0 Å². The van der Waals surface area contributed by atoms with Crippen molar-refractivity contribution in [3.8, 4) is 17.0 Å². The third kappa shape index (κ3) is 6.33. The molecule has 0 bridgehead atoms. The van der Waals surface area contributed by atoms with Crippen LogP contribution in [-0.2, 0) is 6.54 Å². The van der Waals surface area contributed by atoms with Crippen LogP contribution in [0.4, 0.5) is 16.0 Å². The number of benzene rings is 3. The van der Waals surface area contributed by atoms with E-state index in [1.165, 1.54) is 13.2 Å². The highest BCUT2D eigenvalue weighted by Gasteiger charge is 2.26. The quantitative estimate of drug-likeness (QED) is 0.283. The molecule has 3 aromatic carbocycles. The van der Waals surface area contributed by atoms with Gasteiger partial charge in [0, 0.05) is 53.1 Å². The van der Waals surface area contributed by atoms with Crippen LogP contribution in [0.3, 0.4) is 0 Å². The van der Waals surface area contributed by atoms with E-state index in [0.717, 1.165) is 29.8 Å². The molecule has 4 aromatic rings. The average Bonchev–Trinajstić information content (AvgIpc) is 3.12. The molecule has 1 aliphatic rings. The van der Waals surface area contributed by atoms with Gasteiger partial charge < -0.3 is 14.5 Å². The largest absolute Gasteiger partial charge is 0.496 e.